The second kappa shape index (κ2) is 10.1. The average molecular weight is 311 g/mol. The number of hydrogen-bond donors (Lipinski definition) is 1. The first kappa shape index (κ1) is 18.4. The first-order chi connectivity index (χ1) is 10.1. The van der Waals surface area contributed by atoms with Gasteiger partial charge in [-0.25, -0.2) is 9.97 Å². The van der Waals surface area contributed by atoms with Crippen molar-refractivity contribution in [1.29, 1.82) is 0 Å². The van der Waals surface area contributed by atoms with E-state index in [4.69, 9.17) is 4.74 Å². The minimum absolute atomic E-state index is 0.568. The normalized spacial score (nSPS) is 12.6. The molecule has 4 nitrogen and oxygen atoms in total. The fourth-order valence-electron chi connectivity index (χ4n) is 2.31. The zero-order valence-electron chi connectivity index (χ0n) is 14.0. The van der Waals surface area contributed by atoms with E-state index in [9.17, 15) is 0 Å². The Hall–Kier alpha value is -0.650. The summed E-state index contributed by atoms with van der Waals surface area (Å²) in [6.45, 7) is 11.3. The smallest absolute Gasteiger partial charge is 0.138 e. The summed E-state index contributed by atoms with van der Waals surface area (Å²) in [5.74, 6) is 3.55. The van der Waals surface area contributed by atoms with Crippen LogP contribution in [0.1, 0.15) is 36.6 Å². The molecule has 0 amide bonds. The lowest BCUT2D eigenvalue weighted by molar-refractivity contribution is 0.198. The highest BCUT2D eigenvalue weighted by molar-refractivity contribution is 7.98. The summed E-state index contributed by atoms with van der Waals surface area (Å²) in [4.78, 5) is 9.32. The average Bonchev–Trinajstić information content (AvgIpc) is 2.45. The molecule has 0 fully saturated rings. The van der Waals surface area contributed by atoms with E-state index in [-0.39, 0.29) is 0 Å². The third kappa shape index (κ3) is 6.76. The van der Waals surface area contributed by atoms with Crippen molar-refractivity contribution in [1.82, 2.24) is 15.3 Å². The molecule has 0 saturated heterocycles. The number of nitrogens with zero attached hydrogens (tertiary/aromatic N) is 2. The Morgan fingerprint density at radius 3 is 2.48 bits per heavy atom. The summed E-state index contributed by atoms with van der Waals surface area (Å²) in [5.41, 5.74) is 3.58. The Morgan fingerprint density at radius 2 is 1.90 bits per heavy atom. The van der Waals surface area contributed by atoms with Crippen LogP contribution in [0.5, 0.6) is 0 Å². The van der Waals surface area contributed by atoms with Gasteiger partial charge in [0.15, 0.2) is 0 Å². The molecule has 0 aromatic carbocycles. The largest absolute Gasteiger partial charge is 0.383 e. The summed E-state index contributed by atoms with van der Waals surface area (Å²) < 4.78 is 5.04. The lowest BCUT2D eigenvalue weighted by Gasteiger charge is -2.16. The summed E-state index contributed by atoms with van der Waals surface area (Å²) >= 11 is 1.87. The minimum atomic E-state index is 0.568. The van der Waals surface area contributed by atoms with Crippen LogP contribution in [0.25, 0.3) is 0 Å². The molecule has 0 spiro atoms. The molecule has 0 bridgehead atoms. The number of nitrogens with one attached hydrogen (secondary N) is 1. The molecule has 1 unspecified atom stereocenters. The molecular formula is C16H29N3OS. The molecule has 0 saturated carbocycles. The number of methoxy groups -OCH3 is 1. The predicted molar refractivity (Wildman–Crippen MR) is 91.0 cm³/mol. The Balaban J connectivity index is 2.57. The Labute approximate surface area is 133 Å². The molecule has 1 N–H and O–H groups in total. The van der Waals surface area contributed by atoms with Crippen molar-refractivity contribution < 1.29 is 4.74 Å². The molecule has 0 aliphatic rings. The monoisotopic (exact) mass is 311 g/mol. The molecule has 0 radical (unpaired) electrons. The highest BCUT2D eigenvalue weighted by Gasteiger charge is 2.12. The quantitative estimate of drug-likeness (QED) is 0.673. The fourth-order valence-corrected chi connectivity index (χ4v) is 2.82. The zero-order valence-corrected chi connectivity index (χ0v) is 14.8. The molecule has 1 atom stereocenters. The van der Waals surface area contributed by atoms with Crippen LogP contribution < -0.4 is 5.32 Å². The highest BCUT2D eigenvalue weighted by Crippen LogP contribution is 2.17. The molecule has 21 heavy (non-hydrogen) atoms. The lowest BCUT2D eigenvalue weighted by atomic mass is 9.98. The predicted octanol–water partition coefficient (Wildman–Crippen LogP) is 2.76. The van der Waals surface area contributed by atoms with Gasteiger partial charge in [-0.2, -0.15) is 11.8 Å². The van der Waals surface area contributed by atoms with Gasteiger partial charge in [-0.15, -0.1) is 0 Å². The Kier molecular flexibility index (Phi) is 8.88. The van der Waals surface area contributed by atoms with Crippen molar-refractivity contribution in [3.8, 4) is 0 Å². The number of rotatable bonds is 10. The lowest BCUT2D eigenvalue weighted by Crippen LogP contribution is -2.26. The van der Waals surface area contributed by atoms with Crippen LogP contribution in [0, 0.1) is 19.8 Å². The SMILES string of the molecule is CCSCc1nc(C)c(CC(C)CNCCOC)c(C)n1. The van der Waals surface area contributed by atoms with Crippen molar-refractivity contribution >= 4 is 11.8 Å². The van der Waals surface area contributed by atoms with E-state index in [1.54, 1.807) is 7.11 Å². The van der Waals surface area contributed by atoms with Gasteiger partial charge in [-0.05, 0) is 44.0 Å². The van der Waals surface area contributed by atoms with Gasteiger partial charge in [0, 0.05) is 25.0 Å². The Bertz CT molecular complexity index is 403. The third-order valence-corrected chi connectivity index (χ3v) is 4.30. The zero-order chi connectivity index (χ0) is 15.7. The topological polar surface area (TPSA) is 47.0 Å². The van der Waals surface area contributed by atoms with Crippen molar-refractivity contribution in [3.05, 3.63) is 22.8 Å². The Morgan fingerprint density at radius 1 is 1.24 bits per heavy atom. The van der Waals surface area contributed by atoms with Gasteiger partial charge in [0.2, 0.25) is 0 Å². The summed E-state index contributed by atoms with van der Waals surface area (Å²) in [6.07, 6.45) is 1.03. The van der Waals surface area contributed by atoms with Gasteiger partial charge in [-0.3, -0.25) is 0 Å². The first-order valence-corrected chi connectivity index (χ1v) is 8.84. The van der Waals surface area contributed by atoms with Gasteiger partial charge in [0.25, 0.3) is 0 Å². The van der Waals surface area contributed by atoms with Crippen LogP contribution in [0.4, 0.5) is 0 Å². The van der Waals surface area contributed by atoms with Crippen molar-refractivity contribution in [2.45, 2.75) is 39.9 Å². The number of aromatic nitrogens is 2. The van der Waals surface area contributed by atoms with Crippen LogP contribution in [-0.2, 0) is 16.9 Å². The van der Waals surface area contributed by atoms with E-state index in [1.165, 1.54) is 5.56 Å². The third-order valence-electron chi connectivity index (χ3n) is 3.43. The summed E-state index contributed by atoms with van der Waals surface area (Å²) in [5, 5.41) is 3.42. The van der Waals surface area contributed by atoms with Crippen LogP contribution in [0.15, 0.2) is 0 Å². The van der Waals surface area contributed by atoms with Crippen molar-refractivity contribution in [2.24, 2.45) is 5.92 Å². The maximum Gasteiger partial charge on any atom is 0.138 e. The van der Waals surface area contributed by atoms with Gasteiger partial charge < -0.3 is 10.1 Å². The van der Waals surface area contributed by atoms with E-state index >= 15 is 0 Å². The van der Waals surface area contributed by atoms with E-state index in [0.717, 1.165) is 54.8 Å². The van der Waals surface area contributed by atoms with Crippen LogP contribution in [0.2, 0.25) is 0 Å². The second-order valence-corrected chi connectivity index (χ2v) is 6.71. The standard InChI is InChI=1S/C16H29N3OS/c1-6-21-11-16-18-13(3)15(14(4)19-16)9-12(2)10-17-7-8-20-5/h12,17H,6-11H2,1-5H3. The highest BCUT2D eigenvalue weighted by atomic mass is 32.2. The van der Waals surface area contributed by atoms with E-state index in [2.05, 4.69) is 43.0 Å². The van der Waals surface area contributed by atoms with Gasteiger partial charge in [-0.1, -0.05) is 13.8 Å². The van der Waals surface area contributed by atoms with Crippen LogP contribution in [-0.4, -0.2) is 42.5 Å². The van der Waals surface area contributed by atoms with E-state index in [1.807, 2.05) is 11.8 Å². The fraction of sp³-hybridized carbons (Fsp3) is 0.750. The van der Waals surface area contributed by atoms with Crippen LogP contribution >= 0.6 is 11.8 Å². The number of hydrogen-bond acceptors (Lipinski definition) is 5. The molecule has 1 heterocycles. The van der Waals surface area contributed by atoms with Crippen LogP contribution in [0.3, 0.4) is 0 Å². The minimum Gasteiger partial charge on any atom is -0.383 e. The summed E-state index contributed by atoms with van der Waals surface area (Å²) in [7, 11) is 1.73. The molecule has 0 aliphatic carbocycles. The molecule has 5 heteroatoms. The number of thioether (sulfide) groups is 1. The van der Waals surface area contributed by atoms with Crippen molar-refractivity contribution in [2.75, 3.05) is 32.6 Å². The maximum atomic E-state index is 5.04. The molecule has 1 aromatic heterocycles. The number of aryl methyl sites for hydroxylation is 2. The molecule has 1 aromatic rings. The second-order valence-electron chi connectivity index (χ2n) is 5.43. The van der Waals surface area contributed by atoms with Gasteiger partial charge in [0.05, 0.1) is 12.4 Å². The first-order valence-electron chi connectivity index (χ1n) is 7.68. The van der Waals surface area contributed by atoms with Crippen molar-refractivity contribution in [3.63, 3.8) is 0 Å². The molecule has 120 valence electrons. The molecule has 1 rings (SSSR count). The van der Waals surface area contributed by atoms with E-state index < -0.39 is 0 Å². The number of ether oxygens (including phenoxy) is 1. The van der Waals surface area contributed by atoms with Gasteiger partial charge in [0.1, 0.15) is 5.82 Å². The van der Waals surface area contributed by atoms with Gasteiger partial charge >= 0.3 is 0 Å². The molecular weight excluding hydrogens is 282 g/mol. The van der Waals surface area contributed by atoms with E-state index in [0.29, 0.717) is 5.92 Å². The maximum absolute atomic E-state index is 5.04. The summed E-state index contributed by atoms with van der Waals surface area (Å²) in [6, 6.07) is 0. The molecule has 0 aliphatic heterocycles.